The number of hydrogen-bond donors (Lipinski definition) is 2. The van der Waals surface area contributed by atoms with Gasteiger partial charge in [-0.15, -0.1) is 0 Å². The number of hydrogen-bond acceptors (Lipinski definition) is 5. The highest BCUT2D eigenvalue weighted by Crippen LogP contribution is 2.25. The summed E-state index contributed by atoms with van der Waals surface area (Å²) in [7, 11) is 3.08. The van der Waals surface area contributed by atoms with Crippen molar-refractivity contribution in [1.29, 1.82) is 0 Å². The maximum Gasteiger partial charge on any atom is 0.250 e. The smallest absolute Gasteiger partial charge is 0.250 e. The van der Waals surface area contributed by atoms with Crippen LogP contribution in [0.5, 0.6) is 5.75 Å². The zero-order chi connectivity index (χ0) is 15.5. The fourth-order valence-electron chi connectivity index (χ4n) is 1.52. The number of amides is 1. The molecule has 2 N–H and O–H groups in total. The maximum absolute atomic E-state index is 11.8. The lowest BCUT2D eigenvalue weighted by molar-refractivity contribution is -0.121. The Hall–Kier alpha value is -2.07. The van der Waals surface area contributed by atoms with Gasteiger partial charge in [0.05, 0.1) is 26.0 Å². The number of carbonyl (C=O) groups is 1. The zero-order valence-corrected chi connectivity index (χ0v) is 12.1. The molecule has 0 aromatic heterocycles. The van der Waals surface area contributed by atoms with Crippen molar-refractivity contribution >= 4 is 11.6 Å². The Morgan fingerprint density at radius 3 is 2.81 bits per heavy atom. The first-order valence-corrected chi connectivity index (χ1v) is 6.35. The van der Waals surface area contributed by atoms with Crippen LogP contribution >= 0.6 is 0 Å². The second-order valence-electron chi connectivity index (χ2n) is 3.97. The molecule has 0 spiro atoms. The summed E-state index contributed by atoms with van der Waals surface area (Å²) in [6.45, 7) is 0.492. The molecule has 0 atom stereocenters. The van der Waals surface area contributed by atoms with Crippen molar-refractivity contribution in [2.45, 2.75) is 0 Å². The number of methoxy groups -OCH3 is 2. The predicted molar refractivity (Wildman–Crippen MR) is 78.3 cm³/mol. The molecule has 1 aromatic rings. The maximum atomic E-state index is 11.8. The number of rotatable bonds is 7. The summed E-state index contributed by atoms with van der Waals surface area (Å²) in [6, 6.07) is 5.11. The van der Waals surface area contributed by atoms with Gasteiger partial charge in [-0.1, -0.05) is 11.8 Å². The van der Waals surface area contributed by atoms with Crippen molar-refractivity contribution in [2.75, 3.05) is 46.0 Å². The lowest BCUT2D eigenvalue weighted by atomic mass is 10.2. The minimum atomic E-state index is -0.295. The Bertz CT molecular complexity index is 519. The van der Waals surface area contributed by atoms with Crippen molar-refractivity contribution < 1.29 is 24.1 Å². The van der Waals surface area contributed by atoms with E-state index in [-0.39, 0.29) is 19.1 Å². The van der Waals surface area contributed by atoms with Crippen molar-refractivity contribution in [3.8, 4) is 17.6 Å². The first-order valence-electron chi connectivity index (χ1n) is 6.35. The molecular formula is C15H19NO5. The van der Waals surface area contributed by atoms with Crippen LogP contribution in [-0.4, -0.2) is 51.7 Å². The van der Waals surface area contributed by atoms with Crippen LogP contribution in [0.4, 0.5) is 5.69 Å². The standard InChI is InChI=1S/C15H19NO5/c1-19-8-9-21-11-15(18)16-13-10-12(4-3-7-17)5-6-14(13)20-2/h5-6,10,17H,7-9,11H2,1-2H3,(H,16,18). The molecule has 0 radical (unpaired) electrons. The number of nitrogens with one attached hydrogen (secondary N) is 1. The van der Waals surface area contributed by atoms with E-state index in [1.54, 1.807) is 25.3 Å². The largest absolute Gasteiger partial charge is 0.495 e. The number of aliphatic hydroxyl groups is 1. The van der Waals surface area contributed by atoms with Crippen LogP contribution < -0.4 is 10.1 Å². The summed E-state index contributed by atoms with van der Waals surface area (Å²) in [4.78, 5) is 11.8. The van der Waals surface area contributed by atoms with Crippen LogP contribution in [0, 0.1) is 11.8 Å². The topological polar surface area (TPSA) is 77.0 Å². The fraction of sp³-hybridized carbons (Fsp3) is 0.400. The molecule has 6 heteroatoms. The summed E-state index contributed by atoms with van der Waals surface area (Å²) < 4.78 is 15.1. The summed E-state index contributed by atoms with van der Waals surface area (Å²) in [6.07, 6.45) is 0. The van der Waals surface area contributed by atoms with Crippen molar-refractivity contribution in [3.05, 3.63) is 23.8 Å². The Labute approximate surface area is 124 Å². The first-order chi connectivity index (χ1) is 10.2. The quantitative estimate of drug-likeness (QED) is 0.570. The predicted octanol–water partition coefficient (Wildman–Crippen LogP) is 0.640. The summed E-state index contributed by atoms with van der Waals surface area (Å²) >= 11 is 0. The van der Waals surface area contributed by atoms with Gasteiger partial charge in [-0.25, -0.2) is 0 Å². The second-order valence-corrected chi connectivity index (χ2v) is 3.97. The fourth-order valence-corrected chi connectivity index (χ4v) is 1.52. The van der Waals surface area contributed by atoms with Crippen LogP contribution in [0.3, 0.4) is 0 Å². The molecule has 0 bridgehead atoms. The molecule has 0 unspecified atom stereocenters. The Kier molecular flexibility index (Phi) is 7.90. The van der Waals surface area contributed by atoms with E-state index in [2.05, 4.69) is 17.2 Å². The SMILES string of the molecule is COCCOCC(=O)Nc1cc(C#CCO)ccc1OC. The van der Waals surface area contributed by atoms with Crippen LogP contribution in [-0.2, 0) is 14.3 Å². The van der Waals surface area contributed by atoms with Gasteiger partial charge in [0.1, 0.15) is 19.0 Å². The minimum absolute atomic E-state index is 0.0704. The van der Waals surface area contributed by atoms with Crippen molar-refractivity contribution in [1.82, 2.24) is 0 Å². The molecule has 0 aliphatic rings. The van der Waals surface area contributed by atoms with Crippen LogP contribution in [0.25, 0.3) is 0 Å². The van der Waals surface area contributed by atoms with Gasteiger partial charge in [0.2, 0.25) is 5.91 Å². The van der Waals surface area contributed by atoms with E-state index in [9.17, 15) is 4.79 Å². The van der Waals surface area contributed by atoms with E-state index in [1.165, 1.54) is 7.11 Å². The van der Waals surface area contributed by atoms with Gasteiger partial charge < -0.3 is 24.6 Å². The van der Waals surface area contributed by atoms with Gasteiger partial charge in [0.15, 0.2) is 0 Å². The number of benzene rings is 1. The average molecular weight is 293 g/mol. The minimum Gasteiger partial charge on any atom is -0.495 e. The number of aliphatic hydroxyl groups excluding tert-OH is 1. The average Bonchev–Trinajstić information content (AvgIpc) is 2.50. The van der Waals surface area contributed by atoms with Gasteiger partial charge >= 0.3 is 0 Å². The lowest BCUT2D eigenvalue weighted by Crippen LogP contribution is -2.20. The van der Waals surface area contributed by atoms with Crippen LogP contribution in [0.2, 0.25) is 0 Å². The molecule has 21 heavy (non-hydrogen) atoms. The summed E-state index contributed by atoms with van der Waals surface area (Å²) in [5.74, 6) is 5.54. The highest BCUT2D eigenvalue weighted by molar-refractivity contribution is 5.93. The van der Waals surface area contributed by atoms with E-state index < -0.39 is 0 Å². The van der Waals surface area contributed by atoms with Gasteiger partial charge in [-0.3, -0.25) is 4.79 Å². The molecule has 0 aliphatic carbocycles. The molecule has 1 rings (SSSR count). The van der Waals surface area contributed by atoms with Crippen molar-refractivity contribution in [2.24, 2.45) is 0 Å². The highest BCUT2D eigenvalue weighted by atomic mass is 16.5. The van der Waals surface area contributed by atoms with E-state index in [0.717, 1.165) is 0 Å². The molecule has 0 heterocycles. The Morgan fingerprint density at radius 2 is 2.14 bits per heavy atom. The Balaban J connectivity index is 2.68. The van der Waals surface area contributed by atoms with E-state index >= 15 is 0 Å². The molecule has 0 saturated heterocycles. The number of carbonyl (C=O) groups excluding carboxylic acids is 1. The molecule has 1 aromatic carbocycles. The molecular weight excluding hydrogens is 274 g/mol. The normalized spacial score (nSPS) is 9.67. The number of ether oxygens (including phenoxy) is 3. The van der Waals surface area contributed by atoms with Gasteiger partial charge in [0.25, 0.3) is 0 Å². The first kappa shape index (κ1) is 17.0. The second kappa shape index (κ2) is 9.77. The third-order valence-electron chi connectivity index (χ3n) is 2.45. The van der Waals surface area contributed by atoms with E-state index in [1.807, 2.05) is 0 Å². The van der Waals surface area contributed by atoms with Crippen molar-refractivity contribution in [3.63, 3.8) is 0 Å². The summed E-state index contributed by atoms with van der Waals surface area (Å²) in [5, 5.41) is 11.4. The number of anilines is 1. The van der Waals surface area contributed by atoms with E-state index in [4.69, 9.17) is 19.3 Å². The Morgan fingerprint density at radius 1 is 1.33 bits per heavy atom. The molecule has 0 saturated carbocycles. The molecule has 1 amide bonds. The molecule has 0 fully saturated rings. The molecule has 6 nitrogen and oxygen atoms in total. The van der Waals surface area contributed by atoms with Gasteiger partial charge in [-0.2, -0.15) is 0 Å². The van der Waals surface area contributed by atoms with Gasteiger partial charge in [-0.05, 0) is 18.2 Å². The van der Waals surface area contributed by atoms with Crippen LogP contribution in [0.1, 0.15) is 5.56 Å². The van der Waals surface area contributed by atoms with Crippen LogP contribution in [0.15, 0.2) is 18.2 Å². The monoisotopic (exact) mass is 293 g/mol. The third-order valence-corrected chi connectivity index (χ3v) is 2.45. The lowest BCUT2D eigenvalue weighted by Gasteiger charge is -2.11. The molecule has 0 aliphatic heterocycles. The third kappa shape index (κ3) is 6.27. The van der Waals surface area contributed by atoms with E-state index in [0.29, 0.717) is 30.2 Å². The summed E-state index contributed by atoms with van der Waals surface area (Å²) in [5.41, 5.74) is 1.17. The molecule has 114 valence electrons. The van der Waals surface area contributed by atoms with Gasteiger partial charge in [0, 0.05) is 12.7 Å². The highest BCUT2D eigenvalue weighted by Gasteiger charge is 2.08. The zero-order valence-electron chi connectivity index (χ0n) is 12.1.